The van der Waals surface area contributed by atoms with Crippen LogP contribution < -0.4 is 5.46 Å². The van der Waals surface area contributed by atoms with Gasteiger partial charge in [0, 0.05) is 0 Å². The predicted octanol–water partition coefficient (Wildman–Crippen LogP) is -1.46. The average Bonchev–Trinajstić information content (AvgIpc) is 1.77. The smallest absolute Gasteiger partial charge is 0.115 e. The van der Waals surface area contributed by atoms with Gasteiger partial charge in [-0.05, 0) is 12.1 Å². The first-order valence-electron chi connectivity index (χ1n) is 2.33. The second-order valence-corrected chi connectivity index (χ2v) is 1.59. The van der Waals surface area contributed by atoms with Crippen molar-refractivity contribution in [1.82, 2.24) is 0 Å². The molecule has 0 fully saturated rings. The number of hydrogen-bond acceptors (Lipinski definition) is 1. The van der Waals surface area contributed by atoms with Gasteiger partial charge in [0.25, 0.3) is 0 Å². The van der Waals surface area contributed by atoms with Gasteiger partial charge in [-0.2, -0.15) is 0 Å². The number of hydrogen-bond donors (Lipinski definition) is 1. The summed E-state index contributed by atoms with van der Waals surface area (Å²) in [5.74, 6) is 0.249. The molecule has 3 nitrogen and oxygen atoms in total. The molecular formula is C6H9BO3. The van der Waals surface area contributed by atoms with Crippen molar-refractivity contribution in [2.24, 2.45) is 0 Å². The second-order valence-electron chi connectivity index (χ2n) is 1.59. The highest BCUT2D eigenvalue weighted by molar-refractivity contribution is 6.32. The van der Waals surface area contributed by atoms with E-state index in [-0.39, 0.29) is 16.7 Å². The molecule has 1 aromatic rings. The highest BCUT2D eigenvalue weighted by Crippen LogP contribution is 2.01. The van der Waals surface area contributed by atoms with Crippen molar-refractivity contribution in [3.8, 4) is 5.75 Å². The molecule has 0 aromatic heterocycles. The Bertz CT molecular complexity index is 152. The summed E-state index contributed by atoms with van der Waals surface area (Å²) < 4.78 is 0. The molecule has 0 unspecified atom stereocenters. The van der Waals surface area contributed by atoms with E-state index in [1.54, 1.807) is 24.3 Å². The first kappa shape index (κ1) is 11.8. The summed E-state index contributed by atoms with van der Waals surface area (Å²) in [6.07, 6.45) is 0. The monoisotopic (exact) mass is 140 g/mol. The fraction of sp³-hybridized carbons (Fsp3) is 0. The van der Waals surface area contributed by atoms with Crippen LogP contribution in [0.1, 0.15) is 0 Å². The van der Waals surface area contributed by atoms with E-state index in [4.69, 9.17) is 13.0 Å². The molecule has 10 heavy (non-hydrogen) atoms. The number of benzene rings is 1. The third-order valence-electron chi connectivity index (χ3n) is 0.893. The van der Waals surface area contributed by atoms with E-state index < -0.39 is 0 Å². The van der Waals surface area contributed by atoms with Gasteiger partial charge in [-0.25, -0.2) is 0 Å². The van der Waals surface area contributed by atoms with Gasteiger partial charge >= 0.3 is 0 Å². The maximum Gasteiger partial charge on any atom is 0.115 e. The fourth-order valence-electron chi connectivity index (χ4n) is 0.474. The lowest BCUT2D eigenvalue weighted by Crippen LogP contribution is -1.97. The Morgan fingerprint density at radius 1 is 1.00 bits per heavy atom. The maximum atomic E-state index is 8.70. The van der Waals surface area contributed by atoms with Crippen LogP contribution in [0.15, 0.2) is 24.3 Å². The molecule has 0 atom stereocenters. The van der Waals surface area contributed by atoms with Gasteiger partial charge in [-0.3, -0.25) is 0 Å². The average molecular weight is 140 g/mol. The molecule has 0 heterocycles. The normalized spacial score (nSPS) is 7.20. The SMILES string of the molecule is O.O.[B]c1ccc(O)cc1. The Labute approximate surface area is 60.3 Å². The lowest BCUT2D eigenvalue weighted by Gasteiger charge is -1.89. The van der Waals surface area contributed by atoms with E-state index in [1.807, 2.05) is 0 Å². The number of rotatable bonds is 0. The molecule has 1 rings (SSSR count). The molecule has 0 aliphatic rings. The molecule has 0 aliphatic carbocycles. The van der Waals surface area contributed by atoms with Crippen LogP contribution in [0.4, 0.5) is 0 Å². The summed E-state index contributed by atoms with van der Waals surface area (Å²) in [6, 6.07) is 6.40. The molecule has 0 amide bonds. The van der Waals surface area contributed by atoms with Crippen LogP contribution in [-0.4, -0.2) is 23.9 Å². The summed E-state index contributed by atoms with van der Waals surface area (Å²) in [7, 11) is 5.32. The summed E-state index contributed by atoms with van der Waals surface area (Å²) in [5, 5.41) is 8.70. The van der Waals surface area contributed by atoms with Gasteiger partial charge in [-0.15, -0.1) is 0 Å². The number of aromatic hydroxyl groups is 1. The van der Waals surface area contributed by atoms with Gasteiger partial charge < -0.3 is 16.1 Å². The van der Waals surface area contributed by atoms with Gasteiger partial charge in [0.15, 0.2) is 0 Å². The minimum Gasteiger partial charge on any atom is -0.508 e. The summed E-state index contributed by atoms with van der Waals surface area (Å²) >= 11 is 0. The summed E-state index contributed by atoms with van der Waals surface area (Å²) in [6.45, 7) is 0. The zero-order chi connectivity index (χ0) is 5.98. The maximum absolute atomic E-state index is 8.70. The first-order valence-corrected chi connectivity index (χ1v) is 2.33. The van der Waals surface area contributed by atoms with Crippen LogP contribution in [0.3, 0.4) is 0 Å². The Balaban J connectivity index is 0. The van der Waals surface area contributed by atoms with Crippen LogP contribution in [0.2, 0.25) is 0 Å². The van der Waals surface area contributed by atoms with Crippen molar-refractivity contribution in [2.75, 3.05) is 0 Å². The lowest BCUT2D eigenvalue weighted by atomic mass is 9.97. The van der Waals surface area contributed by atoms with Crippen LogP contribution in [0.5, 0.6) is 5.75 Å². The van der Waals surface area contributed by atoms with Crippen molar-refractivity contribution in [3.05, 3.63) is 24.3 Å². The minimum atomic E-state index is 0. The van der Waals surface area contributed by atoms with Gasteiger partial charge in [0.1, 0.15) is 13.6 Å². The number of phenolic OH excluding ortho intramolecular Hbond substituents is 1. The number of phenols is 1. The highest BCUT2D eigenvalue weighted by Gasteiger charge is 1.81. The van der Waals surface area contributed by atoms with Crippen LogP contribution in [-0.2, 0) is 0 Å². The van der Waals surface area contributed by atoms with Crippen molar-refractivity contribution in [1.29, 1.82) is 0 Å². The van der Waals surface area contributed by atoms with Crippen molar-refractivity contribution in [3.63, 3.8) is 0 Å². The molecule has 0 saturated carbocycles. The van der Waals surface area contributed by atoms with E-state index >= 15 is 0 Å². The van der Waals surface area contributed by atoms with E-state index in [2.05, 4.69) is 0 Å². The van der Waals surface area contributed by atoms with E-state index in [0.29, 0.717) is 5.46 Å². The van der Waals surface area contributed by atoms with E-state index in [9.17, 15) is 0 Å². The van der Waals surface area contributed by atoms with E-state index in [0.717, 1.165) is 0 Å². The second kappa shape index (κ2) is 4.84. The zero-order valence-electron chi connectivity index (χ0n) is 5.33. The van der Waals surface area contributed by atoms with Crippen molar-refractivity contribution < 1.29 is 16.1 Å². The molecule has 0 bridgehead atoms. The molecule has 2 radical (unpaired) electrons. The van der Waals surface area contributed by atoms with Crippen molar-refractivity contribution >= 4 is 13.3 Å². The summed E-state index contributed by atoms with van der Waals surface area (Å²) in [4.78, 5) is 0. The third-order valence-corrected chi connectivity index (χ3v) is 0.893. The molecule has 54 valence electrons. The highest BCUT2D eigenvalue weighted by atomic mass is 16.3. The topological polar surface area (TPSA) is 83.2 Å². The molecule has 4 heteroatoms. The molecule has 1 aromatic carbocycles. The van der Waals surface area contributed by atoms with Crippen LogP contribution in [0.25, 0.3) is 0 Å². The largest absolute Gasteiger partial charge is 0.508 e. The Morgan fingerprint density at radius 2 is 1.40 bits per heavy atom. The molecular weight excluding hydrogens is 131 g/mol. The predicted molar refractivity (Wildman–Crippen MR) is 40.7 cm³/mol. The zero-order valence-corrected chi connectivity index (χ0v) is 5.33. The van der Waals surface area contributed by atoms with Crippen LogP contribution in [0, 0.1) is 0 Å². The fourth-order valence-corrected chi connectivity index (χ4v) is 0.474. The lowest BCUT2D eigenvalue weighted by molar-refractivity contribution is 0.475. The molecule has 5 N–H and O–H groups in total. The van der Waals surface area contributed by atoms with Crippen molar-refractivity contribution in [2.45, 2.75) is 0 Å². The minimum absolute atomic E-state index is 0. The molecule has 0 saturated heterocycles. The molecule has 0 aliphatic heterocycles. The third kappa shape index (κ3) is 3.12. The van der Waals surface area contributed by atoms with Gasteiger partial charge in [-0.1, -0.05) is 17.6 Å². The van der Waals surface area contributed by atoms with Gasteiger partial charge in [0.2, 0.25) is 0 Å². The Kier molecular flexibility index (Phi) is 5.70. The Morgan fingerprint density at radius 3 is 1.70 bits per heavy atom. The molecule has 0 spiro atoms. The van der Waals surface area contributed by atoms with Crippen LogP contribution >= 0.6 is 0 Å². The van der Waals surface area contributed by atoms with E-state index in [1.165, 1.54) is 0 Å². The van der Waals surface area contributed by atoms with Gasteiger partial charge in [0.05, 0.1) is 0 Å². The first-order chi connectivity index (χ1) is 3.79. The standard InChI is InChI=1S/C6H5BO.2H2O/c7-5-1-3-6(8)4-2-5;;/h1-4,8H;2*1H2. The quantitative estimate of drug-likeness (QED) is 0.438. The summed E-state index contributed by atoms with van der Waals surface area (Å²) in [5.41, 5.74) is 0.669. The Hall–Kier alpha value is -0.995.